The lowest BCUT2D eigenvalue weighted by atomic mass is 10.1. The van der Waals surface area contributed by atoms with Crippen molar-refractivity contribution in [1.82, 2.24) is 19.9 Å². The summed E-state index contributed by atoms with van der Waals surface area (Å²) in [6, 6.07) is 6.53. The van der Waals surface area contributed by atoms with Gasteiger partial charge in [0.25, 0.3) is 11.8 Å². The van der Waals surface area contributed by atoms with E-state index < -0.39 is 11.7 Å². The largest absolute Gasteiger partial charge is 0.482 e. The van der Waals surface area contributed by atoms with Crippen LogP contribution in [0.5, 0.6) is 5.75 Å². The predicted molar refractivity (Wildman–Crippen MR) is 92.5 cm³/mol. The van der Waals surface area contributed by atoms with Crippen LogP contribution in [-0.2, 0) is 11.3 Å². The van der Waals surface area contributed by atoms with Gasteiger partial charge in [-0.1, -0.05) is 6.07 Å². The first-order chi connectivity index (χ1) is 13.0. The van der Waals surface area contributed by atoms with E-state index in [-0.39, 0.29) is 36.2 Å². The molecule has 11 heteroatoms. The fraction of sp³-hybridized carbons (Fsp3) is 0.125. The van der Waals surface area contributed by atoms with Gasteiger partial charge >= 0.3 is 0 Å². The summed E-state index contributed by atoms with van der Waals surface area (Å²) in [5.41, 5.74) is 3.48. The van der Waals surface area contributed by atoms with E-state index in [0.29, 0.717) is 11.4 Å². The fourth-order valence-electron chi connectivity index (χ4n) is 2.67. The third-order valence-corrected chi connectivity index (χ3v) is 3.94. The first-order valence-corrected chi connectivity index (χ1v) is 7.90. The predicted octanol–water partition coefficient (Wildman–Crippen LogP) is 0.415. The highest BCUT2D eigenvalue weighted by Crippen LogP contribution is 2.28. The Balaban J connectivity index is 1.53. The minimum Gasteiger partial charge on any atom is -0.482 e. The van der Waals surface area contributed by atoms with Crippen molar-refractivity contribution >= 4 is 29.0 Å². The van der Waals surface area contributed by atoms with Crippen LogP contribution in [0.15, 0.2) is 30.5 Å². The van der Waals surface area contributed by atoms with Crippen LogP contribution < -0.4 is 26.6 Å². The van der Waals surface area contributed by atoms with Crippen molar-refractivity contribution in [2.24, 2.45) is 5.84 Å². The van der Waals surface area contributed by atoms with Gasteiger partial charge in [0.15, 0.2) is 18.1 Å². The van der Waals surface area contributed by atoms with Gasteiger partial charge in [-0.2, -0.15) is 9.61 Å². The number of amides is 2. The number of rotatable bonds is 4. The number of aromatic nitrogens is 3. The Labute approximate surface area is 151 Å². The summed E-state index contributed by atoms with van der Waals surface area (Å²) in [4.78, 5) is 27.8. The zero-order valence-electron chi connectivity index (χ0n) is 13.8. The van der Waals surface area contributed by atoms with Crippen LogP contribution in [0.25, 0.3) is 5.65 Å². The molecular weight excluding hydrogens is 357 g/mol. The summed E-state index contributed by atoms with van der Waals surface area (Å²) in [5, 5.41) is 9.17. The molecule has 0 radical (unpaired) electrons. The fourth-order valence-corrected chi connectivity index (χ4v) is 2.67. The number of nitrogens with one attached hydrogen (secondary N) is 3. The lowest BCUT2D eigenvalue weighted by Crippen LogP contribution is -2.27. The molecule has 5 N–H and O–H groups in total. The molecule has 0 spiro atoms. The molecule has 0 saturated carbocycles. The Kier molecular flexibility index (Phi) is 4.05. The third kappa shape index (κ3) is 3.11. The number of nitrogen functional groups attached to an aromatic ring is 1. The van der Waals surface area contributed by atoms with Crippen LogP contribution in [0, 0.1) is 5.82 Å². The Bertz CT molecular complexity index is 1070. The molecule has 2 aromatic heterocycles. The molecule has 0 bridgehead atoms. The highest BCUT2D eigenvalue weighted by Gasteiger charge is 2.17. The molecule has 10 nitrogen and oxygen atoms in total. The molecule has 0 aliphatic carbocycles. The Morgan fingerprint density at radius 3 is 3.07 bits per heavy atom. The van der Waals surface area contributed by atoms with Crippen molar-refractivity contribution in [3.05, 3.63) is 47.5 Å². The number of carbonyl (C=O) groups is 2. The van der Waals surface area contributed by atoms with Crippen LogP contribution in [-0.4, -0.2) is 33.0 Å². The number of benzene rings is 1. The molecule has 1 aliphatic rings. The standard InChI is InChI=1S/C16H14FN7O3/c17-9-6-20-24-13(23-18)4-11(22-15(9)24)16(26)19-5-8-1-2-12-10(3-8)21-14(25)7-27-12/h1-4,6,23H,5,7,18H2,(H,19,26)(H,21,25). The molecule has 4 rings (SSSR count). The van der Waals surface area contributed by atoms with Crippen molar-refractivity contribution < 1.29 is 18.7 Å². The number of hydrogen-bond donors (Lipinski definition) is 4. The van der Waals surface area contributed by atoms with Crippen LogP contribution in [0.1, 0.15) is 16.1 Å². The monoisotopic (exact) mass is 371 g/mol. The molecule has 3 heterocycles. The van der Waals surface area contributed by atoms with Gasteiger partial charge in [-0.3, -0.25) is 9.59 Å². The molecule has 1 aromatic carbocycles. The number of ether oxygens (including phenoxy) is 1. The summed E-state index contributed by atoms with van der Waals surface area (Å²) >= 11 is 0. The van der Waals surface area contributed by atoms with Crippen molar-refractivity contribution in [2.45, 2.75) is 6.54 Å². The van der Waals surface area contributed by atoms with Crippen LogP contribution in [0.4, 0.5) is 15.9 Å². The minimum atomic E-state index is -0.674. The van der Waals surface area contributed by atoms with Crippen molar-refractivity contribution in [3.8, 4) is 5.75 Å². The van der Waals surface area contributed by atoms with Crippen molar-refractivity contribution in [2.75, 3.05) is 17.3 Å². The summed E-state index contributed by atoms with van der Waals surface area (Å²) in [6.45, 7) is 0.141. The lowest BCUT2D eigenvalue weighted by Gasteiger charge is -2.18. The number of nitrogens with two attached hydrogens (primary N) is 1. The van der Waals surface area contributed by atoms with Crippen LogP contribution in [0.2, 0.25) is 0 Å². The molecule has 27 heavy (non-hydrogen) atoms. The summed E-state index contributed by atoms with van der Waals surface area (Å²) in [5.74, 6) is 4.73. The zero-order chi connectivity index (χ0) is 19.0. The maximum atomic E-state index is 13.8. The lowest BCUT2D eigenvalue weighted by molar-refractivity contribution is -0.118. The first kappa shape index (κ1) is 16.7. The number of carbonyl (C=O) groups excluding carboxylic acids is 2. The Hall–Kier alpha value is -3.73. The second-order valence-corrected chi connectivity index (χ2v) is 5.75. The van der Waals surface area contributed by atoms with E-state index in [2.05, 4.69) is 26.1 Å². The van der Waals surface area contributed by atoms with Gasteiger partial charge < -0.3 is 20.8 Å². The topological polar surface area (TPSA) is 136 Å². The van der Waals surface area contributed by atoms with Gasteiger partial charge in [0.2, 0.25) is 0 Å². The molecule has 138 valence electrons. The van der Waals surface area contributed by atoms with Gasteiger partial charge in [-0.15, -0.1) is 0 Å². The highest BCUT2D eigenvalue weighted by atomic mass is 19.1. The van der Waals surface area contributed by atoms with Crippen LogP contribution in [0.3, 0.4) is 0 Å². The van der Waals surface area contributed by atoms with Gasteiger partial charge in [0, 0.05) is 12.6 Å². The van der Waals surface area contributed by atoms with Crippen LogP contribution >= 0.6 is 0 Å². The second-order valence-electron chi connectivity index (χ2n) is 5.75. The van der Waals surface area contributed by atoms with Gasteiger partial charge in [-0.25, -0.2) is 15.2 Å². The van der Waals surface area contributed by atoms with Gasteiger partial charge in [-0.05, 0) is 17.7 Å². The number of nitrogens with zero attached hydrogens (tertiary/aromatic N) is 3. The number of anilines is 2. The summed E-state index contributed by atoms with van der Waals surface area (Å²) in [6.07, 6.45) is 0.980. The molecule has 0 atom stereocenters. The van der Waals surface area contributed by atoms with E-state index in [9.17, 15) is 14.0 Å². The molecule has 3 aromatic rings. The molecular formula is C16H14FN7O3. The second kappa shape index (κ2) is 6.53. The maximum absolute atomic E-state index is 13.8. The first-order valence-electron chi connectivity index (χ1n) is 7.90. The van der Waals surface area contributed by atoms with E-state index >= 15 is 0 Å². The van der Waals surface area contributed by atoms with Gasteiger partial charge in [0.1, 0.15) is 17.3 Å². The van der Waals surface area contributed by atoms with E-state index in [0.717, 1.165) is 16.3 Å². The number of fused-ring (bicyclic) bond motifs is 2. The molecule has 2 amide bonds. The minimum absolute atomic E-state index is 0.0237. The van der Waals surface area contributed by atoms with Gasteiger partial charge in [0.05, 0.1) is 11.9 Å². The molecule has 0 fully saturated rings. The average Bonchev–Trinajstić information content (AvgIpc) is 3.06. The normalized spacial score (nSPS) is 12.9. The summed E-state index contributed by atoms with van der Waals surface area (Å²) < 4.78 is 20.2. The van der Waals surface area contributed by atoms with E-state index in [4.69, 9.17) is 10.6 Å². The molecule has 1 aliphatic heterocycles. The SMILES string of the molecule is NNc1cc(C(=O)NCc2ccc3c(c2)NC(=O)CO3)nc2c(F)cnn12. The number of halogens is 1. The Morgan fingerprint density at radius 1 is 1.41 bits per heavy atom. The van der Waals surface area contributed by atoms with Crippen molar-refractivity contribution in [1.29, 1.82) is 0 Å². The van der Waals surface area contributed by atoms with E-state index in [1.165, 1.54) is 6.07 Å². The summed E-state index contributed by atoms with van der Waals surface area (Å²) in [7, 11) is 0. The molecule has 0 saturated heterocycles. The zero-order valence-corrected chi connectivity index (χ0v) is 13.8. The molecule has 0 unspecified atom stereocenters. The van der Waals surface area contributed by atoms with Crippen molar-refractivity contribution in [3.63, 3.8) is 0 Å². The smallest absolute Gasteiger partial charge is 0.270 e. The third-order valence-electron chi connectivity index (χ3n) is 3.94. The van der Waals surface area contributed by atoms with E-state index in [1.54, 1.807) is 18.2 Å². The maximum Gasteiger partial charge on any atom is 0.270 e. The van der Waals surface area contributed by atoms with E-state index in [1.807, 2.05) is 0 Å². The number of hydrazine groups is 1. The average molecular weight is 371 g/mol. The highest BCUT2D eigenvalue weighted by molar-refractivity contribution is 5.95. The quantitative estimate of drug-likeness (QED) is 0.385. The number of hydrogen-bond acceptors (Lipinski definition) is 7. The Morgan fingerprint density at radius 2 is 2.26 bits per heavy atom.